The predicted octanol–water partition coefficient (Wildman–Crippen LogP) is 7.54. The molecule has 0 spiro atoms. The minimum atomic E-state index is -0.816. The highest BCUT2D eigenvalue weighted by atomic mass is 16.7. The number of amides is 2. The number of ether oxygens (including phenoxy) is 3. The van der Waals surface area contributed by atoms with Crippen LogP contribution < -0.4 is 10.6 Å². The summed E-state index contributed by atoms with van der Waals surface area (Å²) in [5.74, 6) is -1.26. The SMILES string of the molecule is CCCCCCCC/C=C\CCCCCCCC(=O)NCCCCCOC(=O)CCNC(=O)C1OC(C)(C)OCC1(C)C. The first kappa shape index (κ1) is 39.1. The maximum Gasteiger partial charge on any atom is 0.307 e. The van der Waals surface area contributed by atoms with Gasteiger partial charge in [-0.2, -0.15) is 0 Å². The van der Waals surface area contributed by atoms with Gasteiger partial charge >= 0.3 is 5.97 Å². The van der Waals surface area contributed by atoms with Crippen molar-refractivity contribution in [2.24, 2.45) is 5.41 Å². The van der Waals surface area contributed by atoms with E-state index in [4.69, 9.17) is 14.2 Å². The van der Waals surface area contributed by atoms with Crippen LogP contribution in [-0.4, -0.2) is 56.0 Å². The van der Waals surface area contributed by atoms with Gasteiger partial charge in [-0.15, -0.1) is 0 Å². The summed E-state index contributed by atoms with van der Waals surface area (Å²) < 4.78 is 16.7. The van der Waals surface area contributed by atoms with Gasteiger partial charge in [0.1, 0.15) is 6.10 Å². The smallest absolute Gasteiger partial charge is 0.307 e. The number of hydrogen-bond donors (Lipinski definition) is 2. The Morgan fingerprint density at radius 3 is 2.02 bits per heavy atom. The van der Waals surface area contributed by atoms with Crippen molar-refractivity contribution in [2.45, 2.75) is 162 Å². The fourth-order valence-corrected chi connectivity index (χ4v) is 5.04. The van der Waals surface area contributed by atoms with Crippen molar-refractivity contribution in [3.8, 4) is 0 Å². The van der Waals surface area contributed by atoms with E-state index in [1.807, 2.05) is 13.8 Å². The minimum absolute atomic E-state index is 0.116. The van der Waals surface area contributed by atoms with Crippen molar-refractivity contribution in [3.63, 3.8) is 0 Å². The van der Waals surface area contributed by atoms with Crippen LogP contribution in [0.25, 0.3) is 0 Å². The molecule has 1 heterocycles. The van der Waals surface area contributed by atoms with Gasteiger partial charge in [0, 0.05) is 24.9 Å². The molecule has 0 aromatic carbocycles. The van der Waals surface area contributed by atoms with Crippen molar-refractivity contribution < 1.29 is 28.6 Å². The maximum atomic E-state index is 12.6. The van der Waals surface area contributed by atoms with Crippen LogP contribution >= 0.6 is 0 Å². The van der Waals surface area contributed by atoms with Gasteiger partial charge in [0.15, 0.2) is 5.79 Å². The first-order valence-electron chi connectivity index (χ1n) is 17.2. The molecular weight excluding hydrogens is 544 g/mol. The molecule has 1 aliphatic heterocycles. The van der Waals surface area contributed by atoms with Gasteiger partial charge < -0.3 is 24.8 Å². The molecule has 0 radical (unpaired) electrons. The van der Waals surface area contributed by atoms with Gasteiger partial charge in [0.25, 0.3) is 0 Å². The Hall–Kier alpha value is -1.93. The first-order chi connectivity index (χ1) is 20.6. The molecule has 1 aliphatic rings. The summed E-state index contributed by atoms with van der Waals surface area (Å²) in [6.45, 7) is 11.3. The van der Waals surface area contributed by atoms with Crippen LogP contribution in [0.15, 0.2) is 12.2 Å². The number of rotatable bonds is 25. The molecule has 2 amide bonds. The van der Waals surface area contributed by atoms with Crippen LogP contribution in [0, 0.1) is 5.41 Å². The lowest BCUT2D eigenvalue weighted by atomic mass is 9.85. The van der Waals surface area contributed by atoms with E-state index in [1.165, 1.54) is 70.6 Å². The summed E-state index contributed by atoms with van der Waals surface area (Å²) in [6.07, 6.45) is 23.6. The molecule has 1 fully saturated rings. The van der Waals surface area contributed by atoms with Crippen molar-refractivity contribution >= 4 is 17.8 Å². The molecule has 0 saturated carbocycles. The quantitative estimate of drug-likeness (QED) is 0.0631. The standard InChI is InChI=1S/C35H64N2O6/c1-6-7-8-9-10-11-12-13-14-15-16-17-18-19-21-24-30(38)36-26-22-20-23-28-41-31(39)25-27-37-33(40)32-34(2,3)29-42-35(4,5)43-32/h13-14,32H,6-12,15-29H2,1-5H3,(H,36,38)(H,37,40)/b14-13-. The normalized spacial score (nSPS) is 17.6. The Morgan fingerprint density at radius 2 is 1.35 bits per heavy atom. The van der Waals surface area contributed by atoms with Crippen LogP contribution in [0.1, 0.15) is 150 Å². The monoisotopic (exact) mass is 608 g/mol. The van der Waals surface area contributed by atoms with E-state index >= 15 is 0 Å². The lowest BCUT2D eigenvalue weighted by Gasteiger charge is -2.44. The molecule has 43 heavy (non-hydrogen) atoms. The highest BCUT2D eigenvalue weighted by Gasteiger charge is 2.45. The van der Waals surface area contributed by atoms with Crippen molar-refractivity contribution in [2.75, 3.05) is 26.3 Å². The Morgan fingerprint density at radius 1 is 0.744 bits per heavy atom. The summed E-state index contributed by atoms with van der Waals surface area (Å²) >= 11 is 0. The highest BCUT2D eigenvalue weighted by molar-refractivity contribution is 5.82. The van der Waals surface area contributed by atoms with E-state index in [0.29, 0.717) is 26.2 Å². The van der Waals surface area contributed by atoms with Gasteiger partial charge in [-0.1, -0.05) is 84.3 Å². The van der Waals surface area contributed by atoms with E-state index < -0.39 is 17.3 Å². The summed E-state index contributed by atoms with van der Waals surface area (Å²) in [4.78, 5) is 36.6. The summed E-state index contributed by atoms with van der Waals surface area (Å²) in [5.41, 5.74) is -0.455. The second kappa shape index (κ2) is 23.5. The van der Waals surface area contributed by atoms with Crippen LogP contribution in [0.4, 0.5) is 0 Å². The Labute approximate surface area is 262 Å². The molecule has 8 nitrogen and oxygen atoms in total. The number of carbonyl (C=O) groups excluding carboxylic acids is 3. The molecule has 1 saturated heterocycles. The van der Waals surface area contributed by atoms with E-state index in [9.17, 15) is 14.4 Å². The van der Waals surface area contributed by atoms with E-state index in [-0.39, 0.29) is 30.7 Å². The van der Waals surface area contributed by atoms with E-state index in [0.717, 1.165) is 32.1 Å². The van der Waals surface area contributed by atoms with Crippen LogP contribution in [0.3, 0.4) is 0 Å². The van der Waals surface area contributed by atoms with Crippen molar-refractivity contribution in [3.05, 3.63) is 12.2 Å². The maximum absolute atomic E-state index is 12.6. The minimum Gasteiger partial charge on any atom is -0.466 e. The molecule has 0 aliphatic carbocycles. The van der Waals surface area contributed by atoms with Gasteiger partial charge in [-0.25, -0.2) is 0 Å². The number of allylic oxidation sites excluding steroid dienone is 2. The molecule has 1 atom stereocenters. The third-order valence-corrected chi connectivity index (χ3v) is 7.84. The second-order valence-electron chi connectivity index (χ2n) is 13.2. The fraction of sp³-hybridized carbons (Fsp3) is 0.857. The van der Waals surface area contributed by atoms with Crippen LogP contribution in [0.2, 0.25) is 0 Å². The van der Waals surface area contributed by atoms with E-state index in [1.54, 1.807) is 13.8 Å². The average molecular weight is 609 g/mol. The zero-order valence-corrected chi connectivity index (χ0v) is 28.2. The summed E-state index contributed by atoms with van der Waals surface area (Å²) in [5, 5.41) is 5.78. The molecule has 8 heteroatoms. The predicted molar refractivity (Wildman–Crippen MR) is 174 cm³/mol. The third-order valence-electron chi connectivity index (χ3n) is 7.84. The average Bonchev–Trinajstić information content (AvgIpc) is 2.96. The van der Waals surface area contributed by atoms with Gasteiger partial charge in [0.2, 0.25) is 11.8 Å². The van der Waals surface area contributed by atoms with Crippen molar-refractivity contribution in [1.82, 2.24) is 10.6 Å². The highest BCUT2D eigenvalue weighted by Crippen LogP contribution is 2.34. The zero-order valence-electron chi connectivity index (χ0n) is 28.2. The molecule has 0 aromatic heterocycles. The summed E-state index contributed by atoms with van der Waals surface area (Å²) in [6, 6.07) is 0. The number of esters is 1. The largest absolute Gasteiger partial charge is 0.466 e. The third kappa shape index (κ3) is 20.6. The zero-order chi connectivity index (χ0) is 31.8. The number of unbranched alkanes of at least 4 members (excludes halogenated alkanes) is 13. The lowest BCUT2D eigenvalue weighted by Crippen LogP contribution is -2.56. The molecule has 2 N–H and O–H groups in total. The second-order valence-corrected chi connectivity index (χ2v) is 13.2. The van der Waals surface area contributed by atoms with E-state index in [2.05, 4.69) is 29.7 Å². The van der Waals surface area contributed by atoms with Gasteiger partial charge in [-0.05, 0) is 65.2 Å². The number of carbonyl (C=O) groups is 3. The van der Waals surface area contributed by atoms with Crippen LogP contribution in [0.5, 0.6) is 0 Å². The first-order valence-corrected chi connectivity index (χ1v) is 17.2. The number of nitrogens with one attached hydrogen (secondary N) is 2. The molecule has 1 unspecified atom stereocenters. The molecule has 0 bridgehead atoms. The van der Waals surface area contributed by atoms with Crippen molar-refractivity contribution in [1.29, 1.82) is 0 Å². The Balaban J connectivity index is 1.90. The topological polar surface area (TPSA) is 103 Å². The Bertz CT molecular complexity index is 795. The molecule has 1 rings (SSSR count). The van der Waals surface area contributed by atoms with Gasteiger partial charge in [0.05, 0.1) is 19.6 Å². The number of hydrogen-bond acceptors (Lipinski definition) is 6. The fourth-order valence-electron chi connectivity index (χ4n) is 5.04. The molecular formula is C35H64N2O6. The van der Waals surface area contributed by atoms with Gasteiger partial charge in [-0.3, -0.25) is 14.4 Å². The molecule has 250 valence electrons. The summed E-state index contributed by atoms with van der Waals surface area (Å²) in [7, 11) is 0. The molecule has 0 aromatic rings. The van der Waals surface area contributed by atoms with Crippen LogP contribution in [-0.2, 0) is 28.6 Å². The Kier molecular flexibility index (Phi) is 21.3. The lowest BCUT2D eigenvalue weighted by molar-refractivity contribution is -0.304.